The molecule has 0 atom stereocenters. The molecule has 0 N–H and O–H groups in total. The van der Waals surface area contributed by atoms with E-state index in [2.05, 4.69) is 4.98 Å². The summed E-state index contributed by atoms with van der Waals surface area (Å²) in [6.07, 6.45) is -3.45. The van der Waals surface area contributed by atoms with Gasteiger partial charge in [-0.25, -0.2) is 4.98 Å². The molecule has 0 saturated heterocycles. The van der Waals surface area contributed by atoms with Crippen LogP contribution in [0, 0.1) is 0 Å². The van der Waals surface area contributed by atoms with Crippen molar-refractivity contribution in [2.45, 2.75) is 19.5 Å². The molecule has 0 aliphatic carbocycles. The van der Waals surface area contributed by atoms with E-state index in [1.807, 2.05) is 12.3 Å². The fraction of sp³-hybridized carbons (Fsp3) is 0.250. The predicted octanol–water partition coefficient (Wildman–Crippen LogP) is 4.39. The van der Waals surface area contributed by atoms with Gasteiger partial charge in [0.1, 0.15) is 5.01 Å². The quantitative estimate of drug-likeness (QED) is 0.777. The minimum atomic E-state index is -4.28. The lowest BCUT2D eigenvalue weighted by Crippen LogP contribution is -2.03. The van der Waals surface area contributed by atoms with Crippen molar-refractivity contribution in [2.24, 2.45) is 0 Å². The number of aromatic nitrogens is 1. The molecule has 17 heavy (non-hydrogen) atoms. The molecule has 1 aromatic heterocycles. The van der Waals surface area contributed by atoms with E-state index in [-0.39, 0.29) is 0 Å². The molecular weight excluding hydrogens is 247 g/mol. The van der Waals surface area contributed by atoms with E-state index in [0.29, 0.717) is 0 Å². The number of thiazole rings is 1. The summed E-state index contributed by atoms with van der Waals surface area (Å²) in [4.78, 5) is 4.33. The molecule has 0 unspecified atom stereocenters. The van der Waals surface area contributed by atoms with Crippen molar-refractivity contribution < 1.29 is 13.2 Å². The number of benzene rings is 1. The number of hydrogen-bond donors (Lipinski definition) is 0. The van der Waals surface area contributed by atoms with Crippen LogP contribution in [-0.4, -0.2) is 4.98 Å². The minimum absolute atomic E-state index is 0.631. The van der Waals surface area contributed by atoms with Crippen LogP contribution < -0.4 is 0 Å². The summed E-state index contributed by atoms with van der Waals surface area (Å²) < 4.78 is 37.1. The molecule has 1 aromatic carbocycles. The maximum atomic E-state index is 12.4. The molecule has 0 aliphatic heterocycles. The van der Waals surface area contributed by atoms with Crippen LogP contribution in [0.3, 0.4) is 0 Å². The van der Waals surface area contributed by atoms with Gasteiger partial charge in [-0.15, -0.1) is 11.3 Å². The Balaban J connectivity index is 2.29. The zero-order valence-corrected chi connectivity index (χ0v) is 9.90. The number of rotatable bonds is 2. The van der Waals surface area contributed by atoms with Gasteiger partial charge in [0.15, 0.2) is 0 Å². The molecule has 0 radical (unpaired) electrons. The lowest BCUT2D eigenvalue weighted by Gasteiger charge is -2.06. The lowest BCUT2D eigenvalue weighted by molar-refractivity contribution is -0.137. The first-order chi connectivity index (χ1) is 8.00. The van der Waals surface area contributed by atoms with Crippen LogP contribution >= 0.6 is 11.3 Å². The minimum Gasteiger partial charge on any atom is -0.241 e. The Kier molecular flexibility index (Phi) is 3.19. The van der Waals surface area contributed by atoms with E-state index in [4.69, 9.17) is 0 Å². The highest BCUT2D eigenvalue weighted by molar-refractivity contribution is 7.13. The van der Waals surface area contributed by atoms with Crippen molar-refractivity contribution in [1.29, 1.82) is 0 Å². The number of alkyl halides is 3. The van der Waals surface area contributed by atoms with Crippen LogP contribution in [0.15, 0.2) is 29.6 Å². The van der Waals surface area contributed by atoms with E-state index in [9.17, 15) is 13.2 Å². The third-order valence-corrected chi connectivity index (χ3v) is 3.31. The first kappa shape index (κ1) is 12.1. The Morgan fingerprint density at radius 3 is 2.29 bits per heavy atom. The van der Waals surface area contributed by atoms with E-state index >= 15 is 0 Å². The van der Waals surface area contributed by atoms with Crippen LogP contribution in [0.1, 0.15) is 18.2 Å². The number of halogens is 3. The second-order valence-electron chi connectivity index (χ2n) is 3.57. The summed E-state index contributed by atoms with van der Waals surface area (Å²) in [5, 5.41) is 2.68. The Morgan fingerprint density at radius 2 is 1.82 bits per heavy atom. The Bertz CT molecular complexity index is 499. The van der Waals surface area contributed by atoms with Crippen LogP contribution in [0.2, 0.25) is 0 Å². The van der Waals surface area contributed by atoms with Crippen LogP contribution in [0.25, 0.3) is 10.6 Å². The molecule has 2 aromatic rings. The SMILES string of the molecule is CCc1csc(-c2ccc(C(F)(F)F)cc2)n1. The smallest absolute Gasteiger partial charge is 0.241 e. The highest BCUT2D eigenvalue weighted by atomic mass is 32.1. The molecule has 1 nitrogen and oxygen atoms in total. The van der Waals surface area contributed by atoms with Gasteiger partial charge in [0.05, 0.1) is 11.3 Å². The molecule has 0 aliphatic rings. The summed E-state index contributed by atoms with van der Waals surface area (Å²) in [6.45, 7) is 1.99. The number of nitrogens with zero attached hydrogens (tertiary/aromatic N) is 1. The maximum Gasteiger partial charge on any atom is 0.416 e. The normalized spacial score (nSPS) is 11.8. The third-order valence-electron chi connectivity index (χ3n) is 2.37. The predicted molar refractivity (Wildman–Crippen MR) is 61.9 cm³/mol. The zero-order chi connectivity index (χ0) is 12.5. The van der Waals surface area contributed by atoms with Crippen molar-refractivity contribution >= 4 is 11.3 Å². The highest BCUT2D eigenvalue weighted by Gasteiger charge is 2.30. The summed E-state index contributed by atoms with van der Waals surface area (Å²) in [5.41, 5.74) is 1.06. The summed E-state index contributed by atoms with van der Waals surface area (Å²) in [5.74, 6) is 0. The molecule has 1 heterocycles. The van der Waals surface area contributed by atoms with Crippen molar-refractivity contribution in [2.75, 3.05) is 0 Å². The van der Waals surface area contributed by atoms with Gasteiger partial charge >= 0.3 is 6.18 Å². The van der Waals surface area contributed by atoms with Crippen LogP contribution in [-0.2, 0) is 12.6 Å². The van der Waals surface area contributed by atoms with Gasteiger partial charge in [0, 0.05) is 10.9 Å². The Morgan fingerprint density at radius 1 is 1.18 bits per heavy atom. The second kappa shape index (κ2) is 4.49. The van der Waals surface area contributed by atoms with Gasteiger partial charge in [0.25, 0.3) is 0 Å². The van der Waals surface area contributed by atoms with Crippen molar-refractivity contribution in [1.82, 2.24) is 4.98 Å². The van der Waals surface area contributed by atoms with Crippen molar-refractivity contribution in [3.8, 4) is 10.6 Å². The average molecular weight is 257 g/mol. The monoisotopic (exact) mass is 257 g/mol. The van der Waals surface area contributed by atoms with E-state index < -0.39 is 11.7 Å². The van der Waals surface area contributed by atoms with Gasteiger partial charge in [-0.05, 0) is 18.6 Å². The van der Waals surface area contributed by atoms with Crippen LogP contribution in [0.4, 0.5) is 13.2 Å². The molecule has 0 bridgehead atoms. The molecule has 0 saturated carbocycles. The molecule has 0 spiro atoms. The first-order valence-electron chi connectivity index (χ1n) is 5.12. The fourth-order valence-electron chi connectivity index (χ4n) is 1.40. The second-order valence-corrected chi connectivity index (χ2v) is 4.43. The Labute approximate surface area is 101 Å². The molecule has 0 fully saturated rings. The Hall–Kier alpha value is -1.36. The van der Waals surface area contributed by atoms with Gasteiger partial charge in [-0.1, -0.05) is 19.1 Å². The fourth-order valence-corrected chi connectivity index (χ4v) is 2.31. The number of aryl methyl sites for hydroxylation is 1. The summed E-state index contributed by atoms with van der Waals surface area (Å²) in [7, 11) is 0. The molecule has 90 valence electrons. The standard InChI is InChI=1S/C12H10F3NS/c1-2-10-7-17-11(16-10)8-3-5-9(6-4-8)12(13,14)15/h3-7H,2H2,1H3. The van der Waals surface area contributed by atoms with Crippen LogP contribution in [0.5, 0.6) is 0 Å². The van der Waals surface area contributed by atoms with E-state index in [0.717, 1.165) is 34.8 Å². The van der Waals surface area contributed by atoms with Crippen molar-refractivity contribution in [3.63, 3.8) is 0 Å². The number of hydrogen-bond acceptors (Lipinski definition) is 2. The third kappa shape index (κ3) is 2.66. The molecule has 5 heteroatoms. The summed E-state index contributed by atoms with van der Waals surface area (Å²) >= 11 is 1.45. The first-order valence-corrected chi connectivity index (χ1v) is 6.00. The molecule has 0 amide bonds. The topological polar surface area (TPSA) is 12.9 Å². The average Bonchev–Trinajstić information content (AvgIpc) is 2.76. The van der Waals surface area contributed by atoms with E-state index in [1.54, 1.807) is 0 Å². The van der Waals surface area contributed by atoms with Gasteiger partial charge in [-0.3, -0.25) is 0 Å². The van der Waals surface area contributed by atoms with Gasteiger partial charge < -0.3 is 0 Å². The van der Waals surface area contributed by atoms with E-state index in [1.165, 1.54) is 23.5 Å². The van der Waals surface area contributed by atoms with Gasteiger partial charge in [0.2, 0.25) is 0 Å². The largest absolute Gasteiger partial charge is 0.416 e. The lowest BCUT2D eigenvalue weighted by atomic mass is 10.1. The van der Waals surface area contributed by atoms with Crippen molar-refractivity contribution in [3.05, 3.63) is 40.9 Å². The molecular formula is C12H10F3NS. The summed E-state index contributed by atoms with van der Waals surface area (Å²) in [6, 6.07) is 5.09. The highest BCUT2D eigenvalue weighted by Crippen LogP contribution is 2.31. The molecule has 2 rings (SSSR count). The maximum absolute atomic E-state index is 12.4. The van der Waals surface area contributed by atoms with Gasteiger partial charge in [-0.2, -0.15) is 13.2 Å². The zero-order valence-electron chi connectivity index (χ0n) is 9.08.